The Morgan fingerprint density at radius 1 is 1.35 bits per heavy atom. The molecule has 0 aliphatic heterocycles. The van der Waals surface area contributed by atoms with Crippen LogP contribution in [0.1, 0.15) is 35.7 Å². The number of aryl methyl sites for hydroxylation is 1. The van der Waals surface area contributed by atoms with E-state index in [0.29, 0.717) is 12.0 Å². The van der Waals surface area contributed by atoms with Gasteiger partial charge in [0.05, 0.1) is 7.11 Å². The Labute approximate surface area is 101 Å². The van der Waals surface area contributed by atoms with E-state index in [-0.39, 0.29) is 5.78 Å². The first-order chi connectivity index (χ1) is 8.09. The highest BCUT2D eigenvalue weighted by Gasteiger charge is 2.44. The van der Waals surface area contributed by atoms with Crippen molar-refractivity contribution in [1.82, 2.24) is 0 Å². The second-order valence-corrected chi connectivity index (χ2v) is 4.66. The first kappa shape index (κ1) is 11.8. The Balaban J connectivity index is 2.49. The van der Waals surface area contributed by atoms with Crippen LogP contribution >= 0.6 is 0 Å². The van der Waals surface area contributed by atoms with Gasteiger partial charge in [-0.05, 0) is 31.7 Å². The minimum atomic E-state index is -1.03. The van der Waals surface area contributed by atoms with Gasteiger partial charge in [0.15, 0.2) is 5.78 Å². The van der Waals surface area contributed by atoms with Crippen LogP contribution in [0.4, 0.5) is 0 Å². The number of benzene rings is 1. The van der Waals surface area contributed by atoms with E-state index >= 15 is 0 Å². The van der Waals surface area contributed by atoms with Crippen LogP contribution in [0, 0.1) is 5.41 Å². The van der Waals surface area contributed by atoms with Crippen LogP contribution in [-0.2, 0) is 16.0 Å². The van der Waals surface area contributed by atoms with E-state index in [1.54, 1.807) is 13.0 Å². The third-order valence-corrected chi connectivity index (χ3v) is 3.52. The average molecular weight is 232 g/mol. The van der Waals surface area contributed by atoms with Gasteiger partial charge in [0, 0.05) is 5.56 Å². The van der Waals surface area contributed by atoms with E-state index in [4.69, 9.17) is 4.74 Å². The molecule has 0 N–H and O–H groups in total. The van der Waals surface area contributed by atoms with Gasteiger partial charge in [0.1, 0.15) is 5.41 Å². The summed E-state index contributed by atoms with van der Waals surface area (Å²) >= 11 is 0. The van der Waals surface area contributed by atoms with Crippen molar-refractivity contribution < 1.29 is 14.3 Å². The van der Waals surface area contributed by atoms with E-state index in [1.165, 1.54) is 7.11 Å². The van der Waals surface area contributed by atoms with Gasteiger partial charge in [-0.1, -0.05) is 24.3 Å². The third kappa shape index (κ3) is 1.86. The molecule has 2 rings (SSSR count). The Morgan fingerprint density at radius 2 is 2.06 bits per heavy atom. The summed E-state index contributed by atoms with van der Waals surface area (Å²) in [6, 6.07) is 7.51. The predicted molar refractivity (Wildman–Crippen MR) is 63.8 cm³/mol. The van der Waals surface area contributed by atoms with Crippen LogP contribution in [-0.4, -0.2) is 18.9 Å². The van der Waals surface area contributed by atoms with Crippen molar-refractivity contribution in [2.75, 3.05) is 7.11 Å². The summed E-state index contributed by atoms with van der Waals surface area (Å²) in [4.78, 5) is 24.3. The maximum absolute atomic E-state index is 12.5. The number of esters is 1. The van der Waals surface area contributed by atoms with Gasteiger partial charge in [0.25, 0.3) is 0 Å². The summed E-state index contributed by atoms with van der Waals surface area (Å²) in [5, 5.41) is 0. The maximum Gasteiger partial charge on any atom is 0.319 e. The standard InChI is InChI=1S/C14H16O3/c1-14(13(16)17-2)9-5-7-10-6-3-4-8-11(10)12(14)15/h3-4,6,8H,5,7,9H2,1-2H3. The van der Waals surface area contributed by atoms with Gasteiger partial charge in [0.2, 0.25) is 0 Å². The molecule has 0 spiro atoms. The Morgan fingerprint density at radius 3 is 2.76 bits per heavy atom. The summed E-state index contributed by atoms with van der Waals surface area (Å²) in [5.41, 5.74) is 0.671. The Kier molecular flexibility index (Phi) is 3.01. The van der Waals surface area contributed by atoms with Gasteiger partial charge >= 0.3 is 5.97 Å². The quantitative estimate of drug-likeness (QED) is 0.424. The number of carbonyl (C=O) groups is 2. The van der Waals surface area contributed by atoms with E-state index in [9.17, 15) is 9.59 Å². The molecule has 3 heteroatoms. The average Bonchev–Trinajstić information content (AvgIpc) is 2.48. The van der Waals surface area contributed by atoms with Crippen LogP contribution in [0.5, 0.6) is 0 Å². The Hall–Kier alpha value is -1.64. The molecule has 0 radical (unpaired) electrons. The number of hydrogen-bond acceptors (Lipinski definition) is 3. The molecular formula is C14H16O3. The number of hydrogen-bond donors (Lipinski definition) is 0. The topological polar surface area (TPSA) is 43.4 Å². The van der Waals surface area contributed by atoms with Crippen molar-refractivity contribution in [2.45, 2.75) is 26.2 Å². The third-order valence-electron chi connectivity index (χ3n) is 3.52. The lowest BCUT2D eigenvalue weighted by Gasteiger charge is -2.23. The zero-order chi connectivity index (χ0) is 12.5. The fourth-order valence-electron chi connectivity index (χ4n) is 2.42. The molecule has 1 aliphatic carbocycles. The highest BCUT2D eigenvalue weighted by molar-refractivity contribution is 6.13. The fraction of sp³-hybridized carbons (Fsp3) is 0.429. The minimum Gasteiger partial charge on any atom is -0.468 e. The smallest absolute Gasteiger partial charge is 0.319 e. The Bertz CT molecular complexity index is 464. The highest BCUT2D eigenvalue weighted by atomic mass is 16.5. The number of ketones is 1. The summed E-state index contributed by atoms with van der Waals surface area (Å²) in [6.45, 7) is 1.68. The van der Waals surface area contributed by atoms with Crippen molar-refractivity contribution in [3.8, 4) is 0 Å². The molecule has 0 amide bonds. The van der Waals surface area contributed by atoms with E-state index in [1.807, 2.05) is 18.2 Å². The first-order valence-electron chi connectivity index (χ1n) is 5.81. The van der Waals surface area contributed by atoms with Gasteiger partial charge < -0.3 is 4.74 Å². The van der Waals surface area contributed by atoms with Crippen molar-refractivity contribution in [3.05, 3.63) is 35.4 Å². The number of rotatable bonds is 1. The lowest BCUT2D eigenvalue weighted by atomic mass is 9.80. The molecule has 1 aromatic rings. The van der Waals surface area contributed by atoms with Gasteiger partial charge in [-0.3, -0.25) is 9.59 Å². The van der Waals surface area contributed by atoms with Crippen molar-refractivity contribution >= 4 is 11.8 Å². The number of Topliss-reactive ketones (excluding diaryl/α,β-unsaturated/α-hetero) is 1. The lowest BCUT2D eigenvalue weighted by molar-refractivity contribution is -0.149. The molecule has 0 saturated heterocycles. The molecule has 1 unspecified atom stereocenters. The molecule has 0 aromatic heterocycles. The SMILES string of the molecule is COC(=O)C1(C)CCCc2ccccc2C1=O. The van der Waals surface area contributed by atoms with Crippen LogP contribution in [0.15, 0.2) is 24.3 Å². The molecular weight excluding hydrogens is 216 g/mol. The highest BCUT2D eigenvalue weighted by Crippen LogP contribution is 2.35. The van der Waals surface area contributed by atoms with Crippen LogP contribution < -0.4 is 0 Å². The monoisotopic (exact) mass is 232 g/mol. The molecule has 0 bridgehead atoms. The summed E-state index contributed by atoms with van der Waals surface area (Å²) in [7, 11) is 1.33. The van der Waals surface area contributed by atoms with Gasteiger partial charge in [-0.15, -0.1) is 0 Å². The van der Waals surface area contributed by atoms with Crippen LogP contribution in [0.2, 0.25) is 0 Å². The molecule has 0 fully saturated rings. The second kappa shape index (κ2) is 4.32. The van der Waals surface area contributed by atoms with Crippen molar-refractivity contribution in [3.63, 3.8) is 0 Å². The summed E-state index contributed by atoms with van der Waals surface area (Å²) < 4.78 is 4.77. The first-order valence-corrected chi connectivity index (χ1v) is 5.81. The second-order valence-electron chi connectivity index (χ2n) is 4.66. The predicted octanol–water partition coefficient (Wildman–Crippen LogP) is 2.38. The minimum absolute atomic E-state index is 0.113. The molecule has 17 heavy (non-hydrogen) atoms. The molecule has 3 nitrogen and oxygen atoms in total. The fourth-order valence-corrected chi connectivity index (χ4v) is 2.42. The number of methoxy groups -OCH3 is 1. The van der Waals surface area contributed by atoms with E-state index in [0.717, 1.165) is 18.4 Å². The van der Waals surface area contributed by atoms with E-state index < -0.39 is 11.4 Å². The molecule has 0 heterocycles. The lowest BCUT2D eigenvalue weighted by Crippen LogP contribution is -2.37. The number of fused-ring (bicyclic) bond motifs is 1. The maximum atomic E-state index is 12.5. The van der Waals surface area contributed by atoms with Crippen LogP contribution in [0.25, 0.3) is 0 Å². The molecule has 1 atom stereocenters. The van der Waals surface area contributed by atoms with Crippen molar-refractivity contribution in [2.24, 2.45) is 5.41 Å². The molecule has 1 aromatic carbocycles. The van der Waals surface area contributed by atoms with E-state index in [2.05, 4.69) is 0 Å². The number of ether oxygens (including phenoxy) is 1. The molecule has 90 valence electrons. The molecule has 1 aliphatic rings. The number of carbonyl (C=O) groups excluding carboxylic acids is 2. The zero-order valence-electron chi connectivity index (χ0n) is 10.2. The van der Waals surface area contributed by atoms with Crippen LogP contribution in [0.3, 0.4) is 0 Å². The van der Waals surface area contributed by atoms with Gasteiger partial charge in [-0.2, -0.15) is 0 Å². The van der Waals surface area contributed by atoms with Crippen molar-refractivity contribution in [1.29, 1.82) is 0 Å². The summed E-state index contributed by atoms with van der Waals surface area (Å²) in [6.07, 6.45) is 2.22. The van der Waals surface area contributed by atoms with Gasteiger partial charge in [-0.25, -0.2) is 0 Å². The zero-order valence-corrected chi connectivity index (χ0v) is 10.2. The molecule has 0 saturated carbocycles. The summed E-state index contributed by atoms with van der Waals surface area (Å²) in [5.74, 6) is -0.545. The largest absolute Gasteiger partial charge is 0.468 e. The normalized spacial score (nSPS) is 23.8.